The zero-order valence-electron chi connectivity index (χ0n) is 23.8. The highest BCUT2D eigenvalue weighted by molar-refractivity contribution is 7.89. The maximum absolute atomic E-state index is 13.7. The van der Waals surface area contributed by atoms with Gasteiger partial charge in [0.25, 0.3) is 11.8 Å². The molecule has 40 heavy (non-hydrogen) atoms. The van der Waals surface area contributed by atoms with Crippen LogP contribution in [0.25, 0.3) is 0 Å². The van der Waals surface area contributed by atoms with Crippen LogP contribution < -0.4 is 5.32 Å². The molecule has 1 aromatic heterocycles. The van der Waals surface area contributed by atoms with E-state index in [1.807, 2.05) is 18.7 Å². The third-order valence-electron chi connectivity index (χ3n) is 8.04. The second-order valence-electron chi connectivity index (χ2n) is 11.4. The molecule has 2 fully saturated rings. The lowest BCUT2D eigenvalue weighted by Gasteiger charge is -2.34. The number of ether oxygens (including phenoxy) is 1. The van der Waals surface area contributed by atoms with Crippen LogP contribution in [-0.4, -0.2) is 85.3 Å². The van der Waals surface area contributed by atoms with Gasteiger partial charge < -0.3 is 15.0 Å². The summed E-state index contributed by atoms with van der Waals surface area (Å²) in [6.45, 7) is 11.8. The molecule has 11 heteroatoms. The number of piperidine rings is 1. The minimum atomic E-state index is -3.71. The number of carbonyl (C=O) groups is 2. The lowest BCUT2D eigenvalue weighted by Crippen LogP contribution is -2.48. The van der Waals surface area contributed by atoms with Crippen LogP contribution in [0, 0.1) is 0 Å². The van der Waals surface area contributed by atoms with Crippen molar-refractivity contribution in [2.75, 3.05) is 38.0 Å². The third kappa shape index (κ3) is 5.99. The SMILES string of the molecule is CC1CN(S(=O)(=O)c2ccc(C(=O)Nc3sc4c(c3C(=O)N3CCCCC3)CCN(C(C)C)C4)cc2)CC(C)O1. The van der Waals surface area contributed by atoms with Crippen LogP contribution in [0.5, 0.6) is 0 Å². The van der Waals surface area contributed by atoms with Gasteiger partial charge in [-0.25, -0.2) is 8.42 Å². The van der Waals surface area contributed by atoms with Gasteiger partial charge in [-0.2, -0.15) is 4.31 Å². The summed E-state index contributed by atoms with van der Waals surface area (Å²) in [5.41, 5.74) is 2.03. The molecule has 0 spiro atoms. The molecule has 2 saturated heterocycles. The molecule has 5 rings (SSSR count). The number of hydrogen-bond donors (Lipinski definition) is 1. The number of rotatable bonds is 6. The van der Waals surface area contributed by atoms with Gasteiger partial charge in [0.1, 0.15) is 5.00 Å². The summed E-state index contributed by atoms with van der Waals surface area (Å²) in [7, 11) is -3.71. The molecule has 2 unspecified atom stereocenters. The predicted molar refractivity (Wildman–Crippen MR) is 156 cm³/mol. The van der Waals surface area contributed by atoms with Gasteiger partial charge in [0, 0.05) is 55.8 Å². The first-order valence-electron chi connectivity index (χ1n) is 14.3. The van der Waals surface area contributed by atoms with Crippen molar-refractivity contribution < 1.29 is 22.7 Å². The van der Waals surface area contributed by atoms with E-state index in [1.54, 1.807) is 0 Å². The van der Waals surface area contributed by atoms with Crippen molar-refractivity contribution in [1.82, 2.24) is 14.1 Å². The second-order valence-corrected chi connectivity index (χ2v) is 14.5. The number of nitrogens with one attached hydrogen (secondary N) is 1. The zero-order valence-corrected chi connectivity index (χ0v) is 25.4. The molecule has 3 aliphatic heterocycles. The fourth-order valence-corrected chi connectivity index (χ4v) is 8.71. The molecule has 0 aliphatic carbocycles. The number of carbonyl (C=O) groups excluding carboxylic acids is 2. The normalized spacial score (nSPS) is 22.8. The van der Waals surface area contributed by atoms with Gasteiger partial charge in [-0.05, 0) is 83.2 Å². The van der Waals surface area contributed by atoms with Crippen molar-refractivity contribution >= 4 is 38.2 Å². The molecular formula is C29H40N4O5S2. The van der Waals surface area contributed by atoms with Gasteiger partial charge in [-0.15, -0.1) is 11.3 Å². The Labute approximate surface area is 241 Å². The van der Waals surface area contributed by atoms with E-state index in [1.165, 1.54) is 39.9 Å². The van der Waals surface area contributed by atoms with Crippen LogP contribution in [0.2, 0.25) is 0 Å². The van der Waals surface area contributed by atoms with Crippen molar-refractivity contribution in [3.63, 3.8) is 0 Å². The van der Waals surface area contributed by atoms with E-state index in [0.29, 0.717) is 35.3 Å². The Hall–Kier alpha value is -2.31. The quantitative estimate of drug-likeness (QED) is 0.544. The fourth-order valence-electron chi connectivity index (χ4n) is 5.86. The van der Waals surface area contributed by atoms with E-state index in [2.05, 4.69) is 24.1 Å². The number of nitrogens with zero attached hydrogens (tertiary/aromatic N) is 3. The summed E-state index contributed by atoms with van der Waals surface area (Å²) in [6, 6.07) is 6.43. The van der Waals surface area contributed by atoms with Gasteiger partial charge in [0.15, 0.2) is 0 Å². The van der Waals surface area contributed by atoms with Crippen LogP contribution in [0.4, 0.5) is 5.00 Å². The van der Waals surface area contributed by atoms with Gasteiger partial charge in [-0.1, -0.05) is 0 Å². The fraction of sp³-hybridized carbons (Fsp3) is 0.586. The Balaban J connectivity index is 1.38. The molecule has 0 saturated carbocycles. The lowest BCUT2D eigenvalue weighted by molar-refractivity contribution is -0.0440. The first kappa shape index (κ1) is 29.2. The number of benzene rings is 1. The first-order valence-corrected chi connectivity index (χ1v) is 16.5. The highest BCUT2D eigenvalue weighted by Gasteiger charge is 2.34. The summed E-state index contributed by atoms with van der Waals surface area (Å²) >= 11 is 1.49. The summed E-state index contributed by atoms with van der Waals surface area (Å²) in [5, 5.41) is 3.61. The van der Waals surface area contributed by atoms with Crippen molar-refractivity contribution in [1.29, 1.82) is 0 Å². The number of anilines is 1. The highest BCUT2D eigenvalue weighted by atomic mass is 32.2. The van der Waals surface area contributed by atoms with Crippen molar-refractivity contribution in [2.24, 2.45) is 0 Å². The topological polar surface area (TPSA) is 99.3 Å². The van der Waals surface area contributed by atoms with E-state index in [4.69, 9.17) is 4.74 Å². The molecule has 218 valence electrons. The molecule has 1 N–H and O–H groups in total. The van der Waals surface area contributed by atoms with Crippen LogP contribution in [0.1, 0.15) is 78.1 Å². The van der Waals surface area contributed by atoms with E-state index in [-0.39, 0.29) is 28.9 Å². The van der Waals surface area contributed by atoms with Crippen molar-refractivity contribution in [2.45, 2.75) is 83.1 Å². The Bertz CT molecular complexity index is 1340. The molecule has 2 aromatic rings. The Morgan fingerprint density at radius 3 is 2.27 bits per heavy atom. The van der Waals surface area contributed by atoms with Crippen LogP contribution in [0.15, 0.2) is 29.2 Å². The zero-order chi connectivity index (χ0) is 28.6. The van der Waals surface area contributed by atoms with Gasteiger partial charge >= 0.3 is 0 Å². The Morgan fingerprint density at radius 2 is 1.65 bits per heavy atom. The van der Waals surface area contributed by atoms with Crippen LogP contribution in [0.3, 0.4) is 0 Å². The number of likely N-dealkylation sites (tertiary alicyclic amines) is 1. The molecule has 0 bridgehead atoms. The number of morpholine rings is 1. The van der Waals surface area contributed by atoms with E-state index >= 15 is 0 Å². The van der Waals surface area contributed by atoms with E-state index < -0.39 is 10.0 Å². The summed E-state index contributed by atoms with van der Waals surface area (Å²) in [4.78, 5) is 32.7. The lowest BCUT2D eigenvalue weighted by atomic mass is 10.00. The number of thiophene rings is 1. The maximum Gasteiger partial charge on any atom is 0.257 e. The van der Waals surface area contributed by atoms with Gasteiger partial charge in [-0.3, -0.25) is 14.5 Å². The smallest absolute Gasteiger partial charge is 0.257 e. The summed E-state index contributed by atoms with van der Waals surface area (Å²) in [6.07, 6.45) is 3.54. The number of amides is 2. The Kier molecular flexibility index (Phi) is 8.68. The molecule has 1 aromatic carbocycles. The number of sulfonamides is 1. The second kappa shape index (κ2) is 11.9. The monoisotopic (exact) mass is 588 g/mol. The van der Waals surface area contributed by atoms with Crippen molar-refractivity contribution in [3.05, 3.63) is 45.8 Å². The highest BCUT2D eigenvalue weighted by Crippen LogP contribution is 2.39. The Morgan fingerprint density at radius 1 is 1.00 bits per heavy atom. The summed E-state index contributed by atoms with van der Waals surface area (Å²) in [5.74, 6) is -0.356. The first-order chi connectivity index (χ1) is 19.0. The van der Waals surface area contributed by atoms with Gasteiger partial charge in [0.2, 0.25) is 10.0 Å². The molecule has 2 amide bonds. The molecule has 9 nitrogen and oxygen atoms in total. The molecule has 2 atom stereocenters. The average Bonchev–Trinajstić information content (AvgIpc) is 3.29. The average molecular weight is 589 g/mol. The molecule has 3 aliphatic rings. The minimum Gasteiger partial charge on any atom is -0.373 e. The molecule has 4 heterocycles. The maximum atomic E-state index is 13.7. The minimum absolute atomic E-state index is 0.000839. The van der Waals surface area contributed by atoms with E-state index in [9.17, 15) is 18.0 Å². The number of fused-ring (bicyclic) bond motifs is 1. The third-order valence-corrected chi connectivity index (χ3v) is 11.0. The molecular weight excluding hydrogens is 548 g/mol. The predicted octanol–water partition coefficient (Wildman–Crippen LogP) is 4.19. The van der Waals surface area contributed by atoms with E-state index in [0.717, 1.165) is 62.3 Å². The van der Waals surface area contributed by atoms with Gasteiger partial charge in [0.05, 0.1) is 22.7 Å². The molecule has 0 radical (unpaired) electrons. The summed E-state index contributed by atoms with van der Waals surface area (Å²) < 4.78 is 33.6. The van der Waals surface area contributed by atoms with Crippen LogP contribution in [-0.2, 0) is 27.7 Å². The largest absolute Gasteiger partial charge is 0.373 e. The van der Waals surface area contributed by atoms with Crippen molar-refractivity contribution in [3.8, 4) is 0 Å². The number of hydrogen-bond acceptors (Lipinski definition) is 7. The van der Waals surface area contributed by atoms with Crippen LogP contribution >= 0.6 is 11.3 Å². The standard InChI is InChI=1S/C29H40N4O5S2/c1-19(2)32-15-12-24-25(18-32)39-28(26(24)29(35)31-13-6-5-7-14-31)30-27(34)22-8-10-23(11-9-22)40(36,37)33-16-20(3)38-21(4)17-33/h8-11,19-21H,5-7,12-18H2,1-4H3,(H,30,34).